The Balaban J connectivity index is 1.56. The average molecular weight is 390 g/mol. The van der Waals surface area contributed by atoms with Crippen molar-refractivity contribution in [2.24, 2.45) is 0 Å². The van der Waals surface area contributed by atoms with E-state index < -0.39 is 11.6 Å². The highest BCUT2D eigenvalue weighted by Gasteiger charge is 2.35. The molecule has 0 saturated heterocycles. The molecule has 0 saturated carbocycles. The van der Waals surface area contributed by atoms with E-state index in [0.29, 0.717) is 11.4 Å². The maximum atomic E-state index is 12.9. The number of nitrogens with two attached hydrogens (primary N) is 2. The molecule has 0 bridgehead atoms. The van der Waals surface area contributed by atoms with Crippen LogP contribution in [0.1, 0.15) is 31.8 Å². The van der Waals surface area contributed by atoms with Crippen LogP contribution in [0.4, 0.5) is 11.4 Å². The SMILES string of the molecule is Nc1ccc(OCCOc2cc(O)c3c(c2N)C(=O)c2ccccc2C3=O)cc1. The molecule has 0 unspecified atom stereocenters. The quantitative estimate of drug-likeness (QED) is 0.272. The standard InChI is InChI=1S/C22H18N2O5/c23-12-5-7-13(8-6-12)28-9-10-29-17-11-16(25)18-19(20(17)24)22(27)15-4-2-1-3-14(15)21(18)26/h1-8,11,25H,9-10,23-24H2. The van der Waals surface area contributed by atoms with E-state index in [2.05, 4.69) is 0 Å². The highest BCUT2D eigenvalue weighted by Crippen LogP contribution is 2.41. The molecule has 29 heavy (non-hydrogen) atoms. The second-order valence-corrected chi connectivity index (χ2v) is 6.53. The Morgan fingerprint density at radius 3 is 2.03 bits per heavy atom. The minimum atomic E-state index is -0.447. The van der Waals surface area contributed by atoms with Crippen molar-refractivity contribution in [3.05, 3.63) is 76.9 Å². The van der Waals surface area contributed by atoms with Gasteiger partial charge in [0.05, 0.1) is 16.8 Å². The first-order valence-corrected chi connectivity index (χ1v) is 8.92. The Bertz CT molecular complexity index is 1120. The number of hydrogen-bond donors (Lipinski definition) is 3. The molecule has 3 aromatic rings. The minimum absolute atomic E-state index is 0.0122. The lowest BCUT2D eigenvalue weighted by molar-refractivity contribution is 0.0977. The molecule has 0 aromatic heterocycles. The maximum Gasteiger partial charge on any atom is 0.198 e. The predicted octanol–water partition coefficient (Wildman–Crippen LogP) is 2.79. The summed E-state index contributed by atoms with van der Waals surface area (Å²) in [5, 5.41) is 10.4. The summed E-state index contributed by atoms with van der Waals surface area (Å²) < 4.78 is 11.1. The first-order chi connectivity index (χ1) is 14.0. The number of anilines is 2. The Hall–Kier alpha value is -4.00. The van der Waals surface area contributed by atoms with Gasteiger partial charge in [-0.25, -0.2) is 0 Å². The van der Waals surface area contributed by atoms with Crippen LogP contribution in [0, 0.1) is 0 Å². The number of fused-ring (bicyclic) bond motifs is 2. The molecule has 1 aliphatic carbocycles. The summed E-state index contributed by atoms with van der Waals surface area (Å²) in [7, 11) is 0. The molecule has 1 aliphatic rings. The number of nitrogen functional groups attached to an aromatic ring is 2. The summed E-state index contributed by atoms with van der Waals surface area (Å²) in [4.78, 5) is 25.6. The molecule has 146 valence electrons. The summed E-state index contributed by atoms with van der Waals surface area (Å²) >= 11 is 0. The summed E-state index contributed by atoms with van der Waals surface area (Å²) in [6, 6.07) is 14.6. The first kappa shape index (κ1) is 18.4. The summed E-state index contributed by atoms with van der Waals surface area (Å²) in [6.07, 6.45) is 0. The van der Waals surface area contributed by atoms with Gasteiger partial charge in [0.2, 0.25) is 0 Å². The Morgan fingerprint density at radius 1 is 0.793 bits per heavy atom. The minimum Gasteiger partial charge on any atom is -0.507 e. The molecular weight excluding hydrogens is 372 g/mol. The lowest BCUT2D eigenvalue weighted by Gasteiger charge is -2.21. The van der Waals surface area contributed by atoms with Gasteiger partial charge >= 0.3 is 0 Å². The molecule has 0 fully saturated rings. The van der Waals surface area contributed by atoms with E-state index >= 15 is 0 Å². The zero-order valence-corrected chi connectivity index (χ0v) is 15.3. The number of phenolic OH excluding ortho intramolecular Hbond substituents is 1. The second kappa shape index (κ2) is 7.20. The molecule has 0 atom stereocenters. The molecule has 0 radical (unpaired) electrons. The third-order valence-corrected chi connectivity index (χ3v) is 4.67. The number of carbonyl (C=O) groups excluding carboxylic acids is 2. The number of hydrogen-bond acceptors (Lipinski definition) is 7. The lowest BCUT2D eigenvalue weighted by Crippen LogP contribution is -2.23. The molecule has 0 heterocycles. The molecule has 7 nitrogen and oxygen atoms in total. The van der Waals surface area contributed by atoms with Crippen molar-refractivity contribution < 1.29 is 24.2 Å². The van der Waals surface area contributed by atoms with Crippen molar-refractivity contribution in [1.82, 2.24) is 0 Å². The van der Waals surface area contributed by atoms with Gasteiger partial charge in [-0.05, 0) is 24.3 Å². The number of benzene rings is 3. The zero-order chi connectivity index (χ0) is 20.5. The fourth-order valence-corrected chi connectivity index (χ4v) is 3.27. The number of ketones is 2. The summed E-state index contributed by atoms with van der Waals surface area (Å²) in [5.74, 6) is -0.482. The fourth-order valence-electron chi connectivity index (χ4n) is 3.27. The molecule has 0 spiro atoms. The van der Waals surface area contributed by atoms with Crippen molar-refractivity contribution in [1.29, 1.82) is 0 Å². The third-order valence-electron chi connectivity index (χ3n) is 4.67. The Morgan fingerprint density at radius 2 is 1.38 bits per heavy atom. The monoisotopic (exact) mass is 390 g/mol. The van der Waals surface area contributed by atoms with E-state index in [1.807, 2.05) is 0 Å². The number of carbonyl (C=O) groups is 2. The van der Waals surface area contributed by atoms with Crippen molar-refractivity contribution in [3.63, 3.8) is 0 Å². The van der Waals surface area contributed by atoms with E-state index in [0.717, 1.165) is 0 Å². The smallest absolute Gasteiger partial charge is 0.198 e. The lowest BCUT2D eigenvalue weighted by atomic mass is 9.82. The van der Waals surface area contributed by atoms with Crippen LogP contribution in [0.2, 0.25) is 0 Å². The number of phenols is 1. The van der Waals surface area contributed by atoms with Crippen LogP contribution < -0.4 is 20.9 Å². The van der Waals surface area contributed by atoms with Gasteiger partial charge in [-0.2, -0.15) is 0 Å². The van der Waals surface area contributed by atoms with E-state index in [4.69, 9.17) is 20.9 Å². The molecule has 5 N–H and O–H groups in total. The van der Waals surface area contributed by atoms with Crippen LogP contribution in [0.3, 0.4) is 0 Å². The van der Waals surface area contributed by atoms with Crippen LogP contribution in [0.5, 0.6) is 17.2 Å². The molecule has 4 rings (SSSR count). The molecule has 3 aromatic carbocycles. The Labute approximate surface area is 166 Å². The number of rotatable bonds is 5. The van der Waals surface area contributed by atoms with Crippen molar-refractivity contribution in [2.45, 2.75) is 0 Å². The van der Waals surface area contributed by atoms with Crippen LogP contribution in [0.15, 0.2) is 54.6 Å². The summed E-state index contributed by atoms with van der Waals surface area (Å²) in [5.41, 5.74) is 12.7. The van der Waals surface area contributed by atoms with Crippen LogP contribution in [-0.4, -0.2) is 29.9 Å². The first-order valence-electron chi connectivity index (χ1n) is 8.92. The molecule has 0 amide bonds. The van der Waals surface area contributed by atoms with Crippen molar-refractivity contribution in [2.75, 3.05) is 24.7 Å². The Kier molecular flexibility index (Phi) is 4.56. The topological polar surface area (TPSA) is 125 Å². The highest BCUT2D eigenvalue weighted by molar-refractivity contribution is 6.31. The highest BCUT2D eigenvalue weighted by atomic mass is 16.5. The van der Waals surface area contributed by atoms with E-state index in [1.54, 1.807) is 48.5 Å². The normalized spacial score (nSPS) is 12.3. The van der Waals surface area contributed by atoms with Gasteiger partial charge < -0.3 is 26.0 Å². The molecule has 0 aliphatic heterocycles. The average Bonchev–Trinajstić information content (AvgIpc) is 2.72. The summed E-state index contributed by atoms with van der Waals surface area (Å²) in [6.45, 7) is 0.322. The number of ether oxygens (including phenoxy) is 2. The predicted molar refractivity (Wildman–Crippen MR) is 108 cm³/mol. The zero-order valence-electron chi connectivity index (χ0n) is 15.3. The van der Waals surface area contributed by atoms with Gasteiger partial charge in [-0.1, -0.05) is 24.3 Å². The van der Waals surface area contributed by atoms with E-state index in [9.17, 15) is 14.7 Å². The molecule has 7 heteroatoms. The van der Waals surface area contributed by atoms with Gasteiger partial charge in [0, 0.05) is 22.9 Å². The third kappa shape index (κ3) is 3.23. The van der Waals surface area contributed by atoms with Crippen LogP contribution in [0.25, 0.3) is 0 Å². The van der Waals surface area contributed by atoms with Crippen LogP contribution >= 0.6 is 0 Å². The largest absolute Gasteiger partial charge is 0.507 e. The second-order valence-electron chi connectivity index (χ2n) is 6.53. The maximum absolute atomic E-state index is 12.9. The van der Waals surface area contributed by atoms with Crippen LogP contribution in [-0.2, 0) is 0 Å². The fraction of sp³-hybridized carbons (Fsp3) is 0.0909. The van der Waals surface area contributed by atoms with Gasteiger partial charge in [0.1, 0.15) is 30.5 Å². The van der Waals surface area contributed by atoms with Crippen molar-refractivity contribution >= 4 is 22.9 Å². The van der Waals surface area contributed by atoms with E-state index in [1.165, 1.54) is 6.07 Å². The van der Waals surface area contributed by atoms with Gasteiger partial charge in [0.25, 0.3) is 0 Å². The van der Waals surface area contributed by atoms with Crippen molar-refractivity contribution in [3.8, 4) is 17.2 Å². The van der Waals surface area contributed by atoms with Gasteiger partial charge in [-0.15, -0.1) is 0 Å². The van der Waals surface area contributed by atoms with Gasteiger partial charge in [0.15, 0.2) is 11.6 Å². The molecular formula is C22H18N2O5. The van der Waals surface area contributed by atoms with Gasteiger partial charge in [-0.3, -0.25) is 9.59 Å². The van der Waals surface area contributed by atoms with E-state index in [-0.39, 0.29) is 52.7 Å². The number of aromatic hydroxyl groups is 1.